The molecule has 7 heteroatoms. The summed E-state index contributed by atoms with van der Waals surface area (Å²) in [6.07, 6.45) is 0. The predicted molar refractivity (Wildman–Crippen MR) is 69.3 cm³/mol. The third-order valence-corrected chi connectivity index (χ3v) is 3.64. The summed E-state index contributed by atoms with van der Waals surface area (Å²) in [6, 6.07) is 4.93. The largest absolute Gasteiger partial charge is 0.322 e. The van der Waals surface area contributed by atoms with Gasteiger partial charge in [0.2, 0.25) is 0 Å². The molecule has 0 amide bonds. The maximum absolute atomic E-state index is 11.1. The Morgan fingerprint density at radius 2 is 2.17 bits per heavy atom. The number of benzene rings is 1. The van der Waals surface area contributed by atoms with Gasteiger partial charge in [0.15, 0.2) is 5.01 Å². The number of hydrogen-bond donors (Lipinski definition) is 1. The van der Waals surface area contributed by atoms with Gasteiger partial charge >= 0.3 is 0 Å². The first-order valence-corrected chi connectivity index (χ1v) is 6.15. The van der Waals surface area contributed by atoms with Crippen LogP contribution in [0.25, 0.3) is 10.6 Å². The van der Waals surface area contributed by atoms with Gasteiger partial charge in [0.1, 0.15) is 5.01 Å². The van der Waals surface area contributed by atoms with Crippen LogP contribution in [0.1, 0.15) is 23.5 Å². The molecule has 0 bridgehead atoms. The van der Waals surface area contributed by atoms with Crippen LogP contribution in [0, 0.1) is 17.0 Å². The lowest BCUT2D eigenvalue weighted by atomic mass is 10.1. The second kappa shape index (κ2) is 4.79. The Balaban J connectivity index is 2.56. The van der Waals surface area contributed by atoms with Gasteiger partial charge in [0, 0.05) is 5.56 Å². The van der Waals surface area contributed by atoms with Crippen molar-refractivity contribution in [3.63, 3.8) is 0 Å². The van der Waals surface area contributed by atoms with Crippen molar-refractivity contribution in [3.8, 4) is 10.6 Å². The van der Waals surface area contributed by atoms with E-state index in [9.17, 15) is 10.1 Å². The maximum Gasteiger partial charge on any atom is 0.282 e. The van der Waals surface area contributed by atoms with Crippen LogP contribution in [0.2, 0.25) is 0 Å². The van der Waals surface area contributed by atoms with Crippen molar-refractivity contribution < 1.29 is 4.92 Å². The van der Waals surface area contributed by atoms with Crippen LogP contribution in [0.4, 0.5) is 5.69 Å². The van der Waals surface area contributed by atoms with Gasteiger partial charge in [-0.2, -0.15) is 0 Å². The molecule has 18 heavy (non-hydrogen) atoms. The van der Waals surface area contributed by atoms with Crippen molar-refractivity contribution in [3.05, 3.63) is 38.9 Å². The van der Waals surface area contributed by atoms with Crippen molar-refractivity contribution in [2.45, 2.75) is 19.9 Å². The molecular formula is C11H12N4O2S. The lowest BCUT2D eigenvalue weighted by Crippen LogP contribution is -2.03. The quantitative estimate of drug-likeness (QED) is 0.678. The van der Waals surface area contributed by atoms with Crippen molar-refractivity contribution in [2.24, 2.45) is 5.73 Å². The number of nitrogens with zero attached hydrogens (tertiary/aromatic N) is 3. The normalized spacial score (nSPS) is 12.4. The monoisotopic (exact) mass is 264 g/mol. The molecule has 0 aliphatic carbocycles. The van der Waals surface area contributed by atoms with Gasteiger partial charge in [-0.3, -0.25) is 10.1 Å². The van der Waals surface area contributed by atoms with E-state index in [0.717, 1.165) is 0 Å². The number of nitro groups is 1. The molecule has 2 aromatic rings. The zero-order valence-corrected chi connectivity index (χ0v) is 10.8. The van der Waals surface area contributed by atoms with Crippen molar-refractivity contribution in [2.75, 3.05) is 0 Å². The van der Waals surface area contributed by atoms with E-state index in [2.05, 4.69) is 10.2 Å². The zero-order chi connectivity index (χ0) is 13.3. The summed E-state index contributed by atoms with van der Waals surface area (Å²) in [5.74, 6) is 0. The van der Waals surface area contributed by atoms with Crippen molar-refractivity contribution >= 4 is 17.0 Å². The summed E-state index contributed by atoms with van der Waals surface area (Å²) in [6.45, 7) is 3.50. The Hall–Kier alpha value is -1.86. The summed E-state index contributed by atoms with van der Waals surface area (Å²) in [5.41, 5.74) is 6.88. The second-order valence-electron chi connectivity index (χ2n) is 3.96. The standard InChI is InChI=1S/C11H12N4O2S/c1-6-4-3-5-8(9(6)15(16)17)11-14-13-10(18-11)7(2)12/h3-5,7H,12H2,1-2H3. The van der Waals surface area contributed by atoms with Crippen LogP contribution in [-0.4, -0.2) is 15.1 Å². The third-order valence-electron chi connectivity index (χ3n) is 2.48. The smallest absolute Gasteiger partial charge is 0.282 e. The topological polar surface area (TPSA) is 94.9 Å². The van der Waals surface area contributed by atoms with E-state index in [4.69, 9.17) is 5.73 Å². The van der Waals surface area contributed by atoms with Crippen LogP contribution >= 0.6 is 11.3 Å². The first-order valence-electron chi connectivity index (χ1n) is 5.34. The van der Waals surface area contributed by atoms with Crippen molar-refractivity contribution in [1.29, 1.82) is 0 Å². The van der Waals surface area contributed by atoms with Gasteiger partial charge in [-0.15, -0.1) is 10.2 Å². The lowest BCUT2D eigenvalue weighted by molar-refractivity contribution is -0.384. The van der Waals surface area contributed by atoms with E-state index >= 15 is 0 Å². The number of aryl methyl sites for hydroxylation is 1. The minimum Gasteiger partial charge on any atom is -0.322 e. The summed E-state index contributed by atoms with van der Waals surface area (Å²) in [4.78, 5) is 10.7. The number of hydrogen-bond acceptors (Lipinski definition) is 6. The Morgan fingerprint density at radius 3 is 2.72 bits per heavy atom. The molecule has 0 spiro atoms. The first-order chi connectivity index (χ1) is 8.50. The van der Waals surface area contributed by atoms with E-state index in [-0.39, 0.29) is 11.7 Å². The molecular weight excluding hydrogens is 252 g/mol. The van der Waals surface area contributed by atoms with Crippen molar-refractivity contribution in [1.82, 2.24) is 10.2 Å². The average molecular weight is 264 g/mol. The number of nitro benzene ring substituents is 1. The molecule has 0 aliphatic rings. The fraction of sp³-hybridized carbons (Fsp3) is 0.273. The van der Waals surface area contributed by atoms with E-state index in [1.54, 1.807) is 32.0 Å². The number of nitrogens with two attached hydrogens (primary N) is 1. The minimum atomic E-state index is -0.391. The molecule has 1 heterocycles. The van der Waals surface area contributed by atoms with Gasteiger partial charge < -0.3 is 5.73 Å². The Morgan fingerprint density at radius 1 is 1.44 bits per heavy atom. The highest BCUT2D eigenvalue weighted by Crippen LogP contribution is 2.34. The molecule has 0 saturated heterocycles. The van der Waals surface area contributed by atoms with E-state index in [1.807, 2.05) is 0 Å². The van der Waals surface area contributed by atoms with Gasteiger partial charge in [-0.25, -0.2) is 0 Å². The molecule has 0 saturated carbocycles. The second-order valence-corrected chi connectivity index (χ2v) is 4.97. The molecule has 0 aliphatic heterocycles. The van der Waals surface area contributed by atoms with Gasteiger partial charge in [-0.1, -0.05) is 23.5 Å². The average Bonchev–Trinajstić information content (AvgIpc) is 2.77. The molecule has 6 nitrogen and oxygen atoms in total. The third kappa shape index (κ3) is 2.22. The van der Waals surface area contributed by atoms with Crippen LogP contribution in [0.5, 0.6) is 0 Å². The molecule has 1 aromatic heterocycles. The highest BCUT2D eigenvalue weighted by Gasteiger charge is 2.21. The molecule has 0 fully saturated rings. The highest BCUT2D eigenvalue weighted by molar-refractivity contribution is 7.14. The maximum atomic E-state index is 11.1. The zero-order valence-electron chi connectivity index (χ0n) is 9.95. The molecule has 1 unspecified atom stereocenters. The molecule has 1 aromatic carbocycles. The summed E-state index contributed by atoms with van der Waals surface area (Å²) in [5, 5.41) is 20.2. The lowest BCUT2D eigenvalue weighted by Gasteiger charge is -2.01. The van der Waals surface area contributed by atoms with Gasteiger partial charge in [-0.05, 0) is 19.9 Å². The van der Waals surface area contributed by atoms with E-state index < -0.39 is 4.92 Å². The molecule has 0 radical (unpaired) electrons. The Labute approximate surface area is 108 Å². The molecule has 1 atom stereocenters. The summed E-state index contributed by atoms with van der Waals surface area (Å²) >= 11 is 1.28. The number of aromatic nitrogens is 2. The summed E-state index contributed by atoms with van der Waals surface area (Å²) in [7, 11) is 0. The van der Waals surface area contributed by atoms with Gasteiger partial charge in [0.25, 0.3) is 5.69 Å². The minimum absolute atomic E-state index is 0.0740. The van der Waals surface area contributed by atoms with Gasteiger partial charge in [0.05, 0.1) is 16.5 Å². The van der Waals surface area contributed by atoms with Crippen LogP contribution in [0.3, 0.4) is 0 Å². The fourth-order valence-electron chi connectivity index (χ4n) is 1.60. The Kier molecular flexibility index (Phi) is 3.35. The number of rotatable bonds is 3. The highest BCUT2D eigenvalue weighted by atomic mass is 32.1. The van der Waals surface area contributed by atoms with E-state index in [1.165, 1.54) is 11.3 Å². The van der Waals surface area contributed by atoms with Crippen LogP contribution in [-0.2, 0) is 0 Å². The molecule has 94 valence electrons. The fourth-order valence-corrected chi connectivity index (χ4v) is 2.42. The predicted octanol–water partition coefficient (Wildman–Crippen LogP) is 2.44. The first kappa shape index (κ1) is 12.6. The van der Waals surface area contributed by atoms with E-state index in [0.29, 0.717) is 21.1 Å². The van der Waals surface area contributed by atoms with Crippen LogP contribution < -0.4 is 5.73 Å². The summed E-state index contributed by atoms with van der Waals surface area (Å²) < 4.78 is 0. The molecule has 2 rings (SSSR count). The molecule has 2 N–H and O–H groups in total. The van der Waals surface area contributed by atoms with Crippen LogP contribution in [0.15, 0.2) is 18.2 Å². The Bertz CT molecular complexity index is 594. The number of para-hydroxylation sites is 1. The SMILES string of the molecule is Cc1cccc(-c2nnc(C(C)N)s2)c1[N+](=O)[O-].